The normalized spacial score (nSPS) is 17.2. The van der Waals surface area contributed by atoms with E-state index in [0.29, 0.717) is 15.7 Å². The number of ether oxygens (including phenoxy) is 1. The number of amides is 1. The lowest BCUT2D eigenvalue weighted by Crippen LogP contribution is -2.42. The van der Waals surface area contributed by atoms with Gasteiger partial charge in [-0.05, 0) is 49.2 Å². The van der Waals surface area contributed by atoms with Gasteiger partial charge in [-0.3, -0.25) is 14.2 Å². The first-order chi connectivity index (χ1) is 17.8. The van der Waals surface area contributed by atoms with Crippen molar-refractivity contribution in [3.63, 3.8) is 0 Å². The summed E-state index contributed by atoms with van der Waals surface area (Å²) >= 11 is 15.9. The summed E-state index contributed by atoms with van der Waals surface area (Å²) in [5, 5.41) is 0.554. The molecule has 0 aliphatic carbocycles. The maximum atomic E-state index is 14.0. The number of halogens is 3. The lowest BCUT2D eigenvalue weighted by atomic mass is 9.92. The number of aromatic nitrogens is 2. The van der Waals surface area contributed by atoms with E-state index in [2.05, 4.69) is 20.9 Å². The van der Waals surface area contributed by atoms with Gasteiger partial charge in [0.1, 0.15) is 5.54 Å². The van der Waals surface area contributed by atoms with Crippen LogP contribution in [0.2, 0.25) is 10.0 Å². The van der Waals surface area contributed by atoms with E-state index >= 15 is 0 Å². The maximum absolute atomic E-state index is 14.0. The number of imidazole rings is 1. The molecule has 0 radical (unpaired) electrons. The highest BCUT2D eigenvalue weighted by atomic mass is 79.9. The first-order valence-corrected chi connectivity index (χ1v) is 15.1. The van der Waals surface area contributed by atoms with Gasteiger partial charge in [-0.15, -0.1) is 0 Å². The van der Waals surface area contributed by atoms with Gasteiger partial charge in [-0.1, -0.05) is 65.1 Å². The van der Waals surface area contributed by atoms with Gasteiger partial charge in [0.2, 0.25) is 5.95 Å². The molecule has 0 saturated carbocycles. The number of anilines is 2. The molecule has 1 amide bonds. The molecule has 1 aliphatic heterocycles. The fourth-order valence-corrected chi connectivity index (χ4v) is 6.60. The topological polar surface area (TPSA) is 98.6 Å². The molecule has 2 heterocycles. The Morgan fingerprint density at radius 3 is 2.37 bits per heavy atom. The number of sulfone groups is 1. The Morgan fingerprint density at radius 2 is 1.76 bits per heavy atom. The summed E-state index contributed by atoms with van der Waals surface area (Å²) in [6.45, 7) is 5.07. The Labute approximate surface area is 239 Å². The number of fused-ring (bicyclic) bond motifs is 1. The number of hydrogen-bond acceptors (Lipinski definition) is 6. The zero-order valence-corrected chi connectivity index (χ0v) is 24.9. The van der Waals surface area contributed by atoms with Crippen LogP contribution in [0.1, 0.15) is 32.8 Å². The SMILES string of the molecule is CC(C)C(=O)OCCCS(=O)(=O)c1cnc2n1[C@](C)(Cc1ccc(Br)cc1)C(=O)N2c1cc(Cl)cc(Cl)c1. The summed E-state index contributed by atoms with van der Waals surface area (Å²) in [5.41, 5.74) is -0.108. The van der Waals surface area contributed by atoms with E-state index in [1.807, 2.05) is 24.3 Å². The van der Waals surface area contributed by atoms with Crippen LogP contribution in [0.15, 0.2) is 58.2 Å². The third kappa shape index (κ3) is 5.64. The molecule has 0 N–H and O–H groups in total. The molecule has 38 heavy (non-hydrogen) atoms. The molecule has 0 unspecified atom stereocenters. The summed E-state index contributed by atoms with van der Waals surface area (Å²) in [6.07, 6.45) is 1.57. The molecular formula is C26H26BrCl2N3O5S. The second-order valence-corrected chi connectivity index (χ2v) is 13.4. The highest BCUT2D eigenvalue weighted by molar-refractivity contribution is 9.10. The molecule has 12 heteroatoms. The van der Waals surface area contributed by atoms with Crippen molar-refractivity contribution in [3.8, 4) is 0 Å². The summed E-state index contributed by atoms with van der Waals surface area (Å²) in [4.78, 5) is 31.5. The zero-order valence-electron chi connectivity index (χ0n) is 20.9. The lowest BCUT2D eigenvalue weighted by molar-refractivity contribution is -0.147. The number of benzene rings is 2. The molecule has 1 atom stereocenters. The molecule has 4 rings (SSSR count). The first kappa shape index (κ1) is 28.6. The molecule has 2 aromatic carbocycles. The van der Waals surface area contributed by atoms with Gasteiger partial charge in [0, 0.05) is 20.9 Å². The molecule has 0 spiro atoms. The number of nitrogens with zero attached hydrogens (tertiary/aromatic N) is 3. The number of esters is 1. The van der Waals surface area contributed by atoms with Crippen molar-refractivity contribution in [1.29, 1.82) is 0 Å². The van der Waals surface area contributed by atoms with E-state index in [-0.39, 0.29) is 48.0 Å². The standard InChI is InChI=1S/C26H26BrCl2N3O5S/c1-16(2)23(33)37-9-4-10-38(35,36)22-15-30-25-31(21-12-19(28)11-20(29)13-21)24(34)26(3,32(22)25)14-17-5-7-18(27)8-6-17/h5-8,11-13,15-16H,4,9-10,14H2,1-3H3/t26-/m1/s1. The van der Waals surface area contributed by atoms with E-state index in [9.17, 15) is 18.0 Å². The fraction of sp³-hybridized carbons (Fsp3) is 0.346. The third-order valence-corrected chi connectivity index (χ3v) is 8.94. The molecular weight excluding hydrogens is 617 g/mol. The first-order valence-electron chi connectivity index (χ1n) is 11.9. The molecule has 0 fully saturated rings. The van der Waals surface area contributed by atoms with Crippen molar-refractivity contribution in [2.75, 3.05) is 17.3 Å². The minimum atomic E-state index is -3.91. The lowest BCUT2D eigenvalue weighted by Gasteiger charge is -2.26. The number of hydrogen-bond donors (Lipinski definition) is 0. The fourth-order valence-electron chi connectivity index (χ4n) is 4.34. The van der Waals surface area contributed by atoms with Gasteiger partial charge in [0.15, 0.2) is 14.9 Å². The van der Waals surface area contributed by atoms with Crippen molar-refractivity contribution in [2.24, 2.45) is 5.92 Å². The van der Waals surface area contributed by atoms with Crippen LogP contribution in [0, 0.1) is 5.92 Å². The van der Waals surface area contributed by atoms with E-state index in [4.69, 9.17) is 27.9 Å². The molecule has 1 aliphatic rings. The quantitative estimate of drug-likeness (QED) is 0.211. The Bertz CT molecular complexity index is 1470. The monoisotopic (exact) mass is 641 g/mol. The molecule has 202 valence electrons. The smallest absolute Gasteiger partial charge is 0.308 e. The Balaban J connectivity index is 1.75. The Morgan fingerprint density at radius 1 is 1.13 bits per heavy atom. The minimum Gasteiger partial charge on any atom is -0.465 e. The number of carbonyl (C=O) groups is 2. The number of rotatable bonds is 9. The van der Waals surface area contributed by atoms with Gasteiger partial charge in [0.25, 0.3) is 5.91 Å². The molecule has 8 nitrogen and oxygen atoms in total. The summed E-state index contributed by atoms with van der Waals surface area (Å²) in [5.74, 6) is -1.20. The number of carbonyl (C=O) groups excluding carboxylic acids is 2. The van der Waals surface area contributed by atoms with Crippen LogP contribution in [-0.4, -0.2) is 42.2 Å². The second kappa shape index (κ2) is 11.0. The minimum absolute atomic E-state index is 0.0283. The third-order valence-electron chi connectivity index (χ3n) is 6.23. The highest BCUT2D eigenvalue weighted by Crippen LogP contribution is 2.44. The van der Waals surface area contributed by atoms with Crippen LogP contribution in [0.25, 0.3) is 0 Å². The predicted molar refractivity (Wildman–Crippen MR) is 150 cm³/mol. The highest BCUT2D eigenvalue weighted by Gasteiger charge is 2.51. The van der Waals surface area contributed by atoms with Crippen LogP contribution in [0.3, 0.4) is 0 Å². The van der Waals surface area contributed by atoms with Crippen LogP contribution in [-0.2, 0) is 36.1 Å². The summed E-state index contributed by atoms with van der Waals surface area (Å²) < 4.78 is 34.5. The summed E-state index contributed by atoms with van der Waals surface area (Å²) in [6, 6.07) is 12.2. The van der Waals surface area contributed by atoms with Crippen molar-refractivity contribution < 1.29 is 22.7 Å². The van der Waals surface area contributed by atoms with Crippen molar-refractivity contribution in [3.05, 3.63) is 68.7 Å². The molecule has 0 saturated heterocycles. The van der Waals surface area contributed by atoms with Gasteiger partial charge in [-0.2, -0.15) is 0 Å². The van der Waals surface area contributed by atoms with E-state index < -0.39 is 21.3 Å². The largest absolute Gasteiger partial charge is 0.465 e. The second-order valence-electron chi connectivity index (χ2n) is 9.57. The van der Waals surface area contributed by atoms with Crippen LogP contribution >= 0.6 is 39.1 Å². The molecule has 0 bridgehead atoms. The van der Waals surface area contributed by atoms with E-state index in [1.54, 1.807) is 39.0 Å². The average molecular weight is 643 g/mol. The molecule has 1 aromatic heterocycles. The van der Waals surface area contributed by atoms with Crippen LogP contribution < -0.4 is 4.90 Å². The van der Waals surface area contributed by atoms with Gasteiger partial charge < -0.3 is 4.74 Å². The predicted octanol–water partition coefficient (Wildman–Crippen LogP) is 5.95. The van der Waals surface area contributed by atoms with Gasteiger partial charge in [0.05, 0.1) is 30.2 Å². The Kier molecular flexibility index (Phi) is 8.28. The van der Waals surface area contributed by atoms with Crippen LogP contribution in [0.5, 0.6) is 0 Å². The van der Waals surface area contributed by atoms with Gasteiger partial charge in [-0.25, -0.2) is 18.3 Å². The van der Waals surface area contributed by atoms with Crippen molar-refractivity contribution in [2.45, 2.75) is 44.2 Å². The van der Waals surface area contributed by atoms with E-state index in [1.165, 1.54) is 15.7 Å². The van der Waals surface area contributed by atoms with E-state index in [0.717, 1.165) is 10.0 Å². The molecule has 3 aromatic rings. The average Bonchev–Trinajstić information content (AvgIpc) is 3.36. The van der Waals surface area contributed by atoms with Crippen molar-refractivity contribution in [1.82, 2.24) is 9.55 Å². The Hall–Kier alpha value is -2.40. The maximum Gasteiger partial charge on any atom is 0.308 e. The van der Waals surface area contributed by atoms with Gasteiger partial charge >= 0.3 is 5.97 Å². The summed E-state index contributed by atoms with van der Waals surface area (Å²) in [7, 11) is -3.91. The zero-order chi connectivity index (χ0) is 27.8. The van der Waals surface area contributed by atoms with Crippen LogP contribution in [0.4, 0.5) is 11.6 Å². The van der Waals surface area contributed by atoms with Crippen molar-refractivity contribution >= 4 is 72.5 Å².